The minimum Gasteiger partial charge on any atom is -0.456 e. The van der Waals surface area contributed by atoms with Crippen LogP contribution in [0.1, 0.15) is 155 Å². The van der Waals surface area contributed by atoms with E-state index in [2.05, 4.69) is 216 Å². The van der Waals surface area contributed by atoms with Gasteiger partial charge in [-0.3, -0.25) is 0 Å². The lowest BCUT2D eigenvalue weighted by Crippen LogP contribution is -2.44. The van der Waals surface area contributed by atoms with Crippen molar-refractivity contribution in [1.82, 2.24) is 0 Å². The zero-order valence-corrected chi connectivity index (χ0v) is 42.6. The minimum absolute atomic E-state index is 0.0620. The molecule has 0 atom stereocenters. The van der Waals surface area contributed by atoms with Gasteiger partial charge in [0.25, 0.3) is 0 Å². The largest absolute Gasteiger partial charge is 0.456 e. The van der Waals surface area contributed by atoms with Gasteiger partial charge in [-0.15, -0.1) is 0 Å². The summed E-state index contributed by atoms with van der Waals surface area (Å²) in [7, 11) is 2.53. The standard InChI is InChI=1S/C64H68BN2O/c1-59(2)25-27-61(5,6)47-32-39(21-23-45(47)59)66-52-34-43-42-19-15-16-20-55(42)68-56(43)35-44(52)57-41-18-14-13-17-38(41)31-54-58(57)65-51-36-49-50(64(11,12)30-29-63(49,9)10)37-53(51)67(54)40-22-24-46-48(33-40)62(7,8)28-26-60(46,3)4/h13-24,31-37,66H,25-30H2,1-12H3. The highest BCUT2D eigenvalue weighted by atomic mass is 16.3. The number of anilines is 5. The maximum atomic E-state index is 6.79. The van der Waals surface area contributed by atoms with Gasteiger partial charge in [0.2, 0.25) is 0 Å². The number of hydrogen-bond acceptors (Lipinski definition) is 3. The third-order valence-corrected chi connectivity index (χ3v) is 17.9. The van der Waals surface area contributed by atoms with Crippen LogP contribution in [0.25, 0.3) is 43.8 Å². The summed E-state index contributed by atoms with van der Waals surface area (Å²) in [6.45, 7) is 29.3. The van der Waals surface area contributed by atoms with Crippen LogP contribution in [0, 0.1) is 0 Å². The molecule has 1 aliphatic heterocycles. The Labute approximate surface area is 406 Å². The molecule has 7 aromatic carbocycles. The molecule has 0 spiro atoms. The van der Waals surface area contributed by atoms with Crippen LogP contribution in [0.3, 0.4) is 0 Å². The highest BCUT2D eigenvalue weighted by Crippen LogP contribution is 2.53. The van der Waals surface area contributed by atoms with Crippen LogP contribution in [-0.4, -0.2) is 7.28 Å². The molecule has 4 aliphatic rings. The highest BCUT2D eigenvalue weighted by Gasteiger charge is 2.42. The van der Waals surface area contributed by atoms with Gasteiger partial charge in [0.1, 0.15) is 11.2 Å². The fourth-order valence-corrected chi connectivity index (χ4v) is 13.1. The van der Waals surface area contributed by atoms with Gasteiger partial charge in [-0.25, -0.2) is 0 Å². The molecule has 343 valence electrons. The normalized spacial score (nSPS) is 19.9. The number of nitrogens with one attached hydrogen (secondary N) is 1. The third kappa shape index (κ3) is 6.59. The molecule has 0 bridgehead atoms. The van der Waals surface area contributed by atoms with Crippen molar-refractivity contribution < 1.29 is 4.42 Å². The summed E-state index contributed by atoms with van der Waals surface area (Å²) in [6, 6.07) is 44.5. The second kappa shape index (κ2) is 14.4. The molecule has 4 heteroatoms. The van der Waals surface area contributed by atoms with Gasteiger partial charge in [0.05, 0.1) is 0 Å². The topological polar surface area (TPSA) is 28.4 Å². The van der Waals surface area contributed by atoms with Crippen LogP contribution in [0.2, 0.25) is 0 Å². The molecule has 3 nitrogen and oxygen atoms in total. The predicted octanol–water partition coefficient (Wildman–Crippen LogP) is 16.6. The summed E-state index contributed by atoms with van der Waals surface area (Å²) < 4.78 is 6.79. The van der Waals surface area contributed by atoms with Gasteiger partial charge in [-0.2, -0.15) is 0 Å². The molecule has 1 N–H and O–H groups in total. The number of benzene rings is 7. The number of para-hydroxylation sites is 1. The van der Waals surface area contributed by atoms with Gasteiger partial charge in [-0.05, 0) is 181 Å². The van der Waals surface area contributed by atoms with Crippen LogP contribution in [-0.2, 0) is 32.5 Å². The van der Waals surface area contributed by atoms with E-state index < -0.39 is 0 Å². The second-order valence-corrected chi connectivity index (χ2v) is 25.3. The maximum Gasteiger partial charge on any atom is 0.197 e. The number of fused-ring (bicyclic) bond motifs is 9. The summed E-state index contributed by atoms with van der Waals surface area (Å²) in [4.78, 5) is 2.64. The van der Waals surface area contributed by atoms with E-state index >= 15 is 0 Å². The first-order valence-corrected chi connectivity index (χ1v) is 25.5. The first-order chi connectivity index (χ1) is 32.1. The van der Waals surface area contributed by atoms with E-state index in [0.717, 1.165) is 38.9 Å². The van der Waals surface area contributed by atoms with Gasteiger partial charge >= 0.3 is 0 Å². The Bertz CT molecular complexity index is 3430. The molecule has 12 rings (SSSR count). The van der Waals surface area contributed by atoms with Crippen molar-refractivity contribution in [3.8, 4) is 11.1 Å². The summed E-state index contributed by atoms with van der Waals surface area (Å²) in [5.41, 5.74) is 21.9. The van der Waals surface area contributed by atoms with E-state index in [1.807, 2.05) is 0 Å². The van der Waals surface area contributed by atoms with Gasteiger partial charge in [0.15, 0.2) is 7.28 Å². The Morgan fingerprint density at radius 3 is 1.66 bits per heavy atom. The predicted molar refractivity (Wildman–Crippen MR) is 292 cm³/mol. The molecule has 2 heterocycles. The number of rotatable bonds is 4. The molecular formula is C64H68BN2O. The first kappa shape index (κ1) is 43.5. The van der Waals surface area contributed by atoms with E-state index in [4.69, 9.17) is 4.42 Å². The highest BCUT2D eigenvalue weighted by molar-refractivity contribution is 6.74. The lowest BCUT2D eigenvalue weighted by atomic mass is 9.54. The fourth-order valence-electron chi connectivity index (χ4n) is 13.1. The Morgan fingerprint density at radius 2 is 1.00 bits per heavy atom. The Balaban J connectivity index is 1.15. The third-order valence-electron chi connectivity index (χ3n) is 17.9. The van der Waals surface area contributed by atoms with Crippen LogP contribution in [0.4, 0.5) is 28.4 Å². The molecule has 0 unspecified atom stereocenters. The van der Waals surface area contributed by atoms with E-state index in [1.165, 1.54) is 116 Å². The van der Waals surface area contributed by atoms with Crippen molar-refractivity contribution in [2.24, 2.45) is 0 Å². The fraction of sp³-hybridized carbons (Fsp3) is 0.375. The van der Waals surface area contributed by atoms with E-state index in [1.54, 1.807) is 0 Å². The molecule has 68 heavy (non-hydrogen) atoms. The van der Waals surface area contributed by atoms with Crippen molar-refractivity contribution >= 4 is 79.4 Å². The lowest BCUT2D eigenvalue weighted by molar-refractivity contribution is 0.332. The summed E-state index contributed by atoms with van der Waals surface area (Å²) in [5, 5.41) is 8.80. The van der Waals surface area contributed by atoms with Crippen molar-refractivity contribution in [1.29, 1.82) is 0 Å². The summed E-state index contributed by atoms with van der Waals surface area (Å²) >= 11 is 0. The summed E-state index contributed by atoms with van der Waals surface area (Å²) in [6.07, 6.45) is 7.06. The van der Waals surface area contributed by atoms with Crippen LogP contribution in [0.5, 0.6) is 0 Å². The van der Waals surface area contributed by atoms with Crippen LogP contribution < -0.4 is 21.1 Å². The summed E-state index contributed by atoms with van der Waals surface area (Å²) in [5.74, 6) is 0. The molecule has 0 saturated heterocycles. The Kier molecular flexibility index (Phi) is 9.23. The minimum atomic E-state index is 0.0620. The zero-order chi connectivity index (χ0) is 47.5. The molecule has 8 aromatic rings. The zero-order valence-electron chi connectivity index (χ0n) is 42.6. The average Bonchev–Trinajstić information content (AvgIpc) is 3.66. The average molecular weight is 892 g/mol. The monoisotopic (exact) mass is 892 g/mol. The maximum absolute atomic E-state index is 6.79. The molecule has 0 amide bonds. The molecule has 1 aromatic heterocycles. The Hall–Kier alpha value is -5.74. The molecule has 0 fully saturated rings. The van der Waals surface area contributed by atoms with E-state index in [0.29, 0.717) is 0 Å². The van der Waals surface area contributed by atoms with Gasteiger partial charge in [0, 0.05) is 44.8 Å². The number of nitrogens with zero attached hydrogens (tertiary/aromatic N) is 1. The van der Waals surface area contributed by atoms with Crippen molar-refractivity contribution in [2.75, 3.05) is 10.2 Å². The smallest absolute Gasteiger partial charge is 0.197 e. The van der Waals surface area contributed by atoms with Crippen molar-refractivity contribution in [2.45, 2.75) is 154 Å². The number of furan rings is 1. The molecule has 0 saturated carbocycles. The second-order valence-electron chi connectivity index (χ2n) is 25.3. The van der Waals surface area contributed by atoms with Crippen molar-refractivity contribution in [3.63, 3.8) is 0 Å². The molecular weight excluding hydrogens is 824 g/mol. The molecule has 3 aliphatic carbocycles. The lowest BCUT2D eigenvalue weighted by Gasteiger charge is -2.45. The van der Waals surface area contributed by atoms with Crippen LogP contribution in [0.15, 0.2) is 120 Å². The first-order valence-electron chi connectivity index (χ1n) is 25.5. The van der Waals surface area contributed by atoms with Crippen molar-refractivity contribution in [3.05, 3.63) is 149 Å². The quantitative estimate of drug-likeness (QED) is 0.179. The van der Waals surface area contributed by atoms with Crippen LogP contribution >= 0.6 is 0 Å². The van der Waals surface area contributed by atoms with E-state index in [-0.39, 0.29) is 32.5 Å². The molecule has 1 radical (unpaired) electrons. The Morgan fingerprint density at radius 1 is 0.456 bits per heavy atom. The van der Waals surface area contributed by atoms with Gasteiger partial charge < -0.3 is 14.6 Å². The van der Waals surface area contributed by atoms with E-state index in [9.17, 15) is 0 Å². The number of hydrogen-bond donors (Lipinski definition) is 1. The van der Waals surface area contributed by atoms with Gasteiger partial charge in [-0.1, -0.05) is 149 Å². The SMILES string of the molecule is CC1(C)CCC(C)(C)c2cc(Nc3cc4c(cc3-c3c5c(cc6ccccc36)N(c3ccc6c(c3)C(C)(C)CCC6(C)C)c3cc6c(cc3[B]5)C(C)(C)CCC6(C)C)oc3ccccc34)ccc21.